The normalized spacial score (nSPS) is 18.9. The van der Waals surface area contributed by atoms with E-state index < -0.39 is 17.9 Å². The molecular weight excluding hydrogens is 316 g/mol. The minimum Gasteiger partial charge on any atom is -0.480 e. The number of carbonyl (C=O) groups excluding carboxylic acids is 2. The summed E-state index contributed by atoms with van der Waals surface area (Å²) in [5, 5.41) is 11.5. The Kier molecular flexibility index (Phi) is 3.84. The second-order valence-corrected chi connectivity index (χ2v) is 4.93. The molecular formula is C12H11BrN2O4. The maximum atomic E-state index is 12.3. The molecule has 6 nitrogen and oxygen atoms in total. The van der Waals surface area contributed by atoms with Gasteiger partial charge in [0.15, 0.2) is 0 Å². The molecule has 1 aromatic rings. The third-order valence-electron chi connectivity index (χ3n) is 2.83. The summed E-state index contributed by atoms with van der Waals surface area (Å²) in [5.41, 5.74) is 0.337. The summed E-state index contributed by atoms with van der Waals surface area (Å²) in [7, 11) is 0. The fraction of sp³-hybridized carbons (Fsp3) is 0.250. The van der Waals surface area contributed by atoms with Crippen LogP contribution in [-0.2, 0) is 9.59 Å². The van der Waals surface area contributed by atoms with Gasteiger partial charge in [0.25, 0.3) is 5.91 Å². The van der Waals surface area contributed by atoms with Gasteiger partial charge in [0.1, 0.15) is 12.6 Å². The lowest BCUT2D eigenvalue weighted by molar-refractivity contribution is -0.144. The van der Waals surface area contributed by atoms with Crippen molar-refractivity contribution >= 4 is 33.7 Å². The number of halogens is 1. The Morgan fingerprint density at radius 3 is 2.68 bits per heavy atom. The molecule has 2 amide bonds. The second-order valence-electron chi connectivity index (χ2n) is 4.07. The molecule has 1 heterocycles. The number of amides is 2. The molecule has 1 atom stereocenters. The minimum atomic E-state index is -1.14. The van der Waals surface area contributed by atoms with Crippen molar-refractivity contribution in [2.45, 2.75) is 6.04 Å². The molecule has 2 N–H and O–H groups in total. The summed E-state index contributed by atoms with van der Waals surface area (Å²) >= 11 is 3.24. The van der Waals surface area contributed by atoms with Crippen molar-refractivity contribution in [3.05, 3.63) is 34.3 Å². The highest BCUT2D eigenvalue weighted by molar-refractivity contribution is 9.10. The summed E-state index contributed by atoms with van der Waals surface area (Å²) in [6.07, 6.45) is 0. The Hall–Kier alpha value is -1.89. The molecule has 0 aromatic heterocycles. The first kappa shape index (κ1) is 13.5. The summed E-state index contributed by atoms with van der Waals surface area (Å²) in [4.78, 5) is 35.9. The fourth-order valence-corrected chi connectivity index (χ4v) is 2.32. The van der Waals surface area contributed by atoms with Crippen molar-refractivity contribution in [1.82, 2.24) is 10.2 Å². The van der Waals surface area contributed by atoms with E-state index in [1.165, 1.54) is 0 Å². The lowest BCUT2D eigenvalue weighted by atomic mass is 10.1. The van der Waals surface area contributed by atoms with Gasteiger partial charge in [-0.05, 0) is 28.1 Å². The van der Waals surface area contributed by atoms with E-state index in [0.29, 0.717) is 10.0 Å². The minimum absolute atomic E-state index is 0.0790. The Labute approximate surface area is 117 Å². The van der Waals surface area contributed by atoms with Crippen LogP contribution in [0, 0.1) is 0 Å². The zero-order chi connectivity index (χ0) is 14.0. The maximum absolute atomic E-state index is 12.3. The average molecular weight is 327 g/mol. The van der Waals surface area contributed by atoms with Crippen molar-refractivity contribution in [2.75, 3.05) is 13.1 Å². The number of benzene rings is 1. The van der Waals surface area contributed by atoms with Crippen LogP contribution in [0.5, 0.6) is 0 Å². The lowest BCUT2D eigenvalue weighted by Gasteiger charge is -2.32. The van der Waals surface area contributed by atoms with Crippen LogP contribution in [0.3, 0.4) is 0 Å². The van der Waals surface area contributed by atoms with Gasteiger partial charge >= 0.3 is 5.97 Å². The van der Waals surface area contributed by atoms with Gasteiger partial charge in [-0.15, -0.1) is 0 Å². The Morgan fingerprint density at radius 1 is 1.37 bits per heavy atom. The molecule has 0 aliphatic carbocycles. The maximum Gasteiger partial charge on any atom is 0.328 e. The van der Waals surface area contributed by atoms with E-state index in [2.05, 4.69) is 21.2 Å². The molecule has 2 rings (SSSR count). The number of carboxylic acids is 1. The zero-order valence-corrected chi connectivity index (χ0v) is 11.4. The van der Waals surface area contributed by atoms with Crippen molar-refractivity contribution in [3.8, 4) is 0 Å². The van der Waals surface area contributed by atoms with E-state index in [4.69, 9.17) is 5.11 Å². The number of carboxylic acid groups (broad SMARTS) is 1. The fourth-order valence-electron chi connectivity index (χ4n) is 1.86. The molecule has 0 saturated carbocycles. The SMILES string of the molecule is O=C1CN(C(=O)c2ccccc2Br)C(C(=O)O)CN1. The summed E-state index contributed by atoms with van der Waals surface area (Å²) in [6.45, 7) is -0.332. The standard InChI is InChI=1S/C12H11BrN2O4/c13-8-4-2-1-3-7(8)11(17)15-6-10(16)14-5-9(15)12(18)19/h1-4,9H,5-6H2,(H,14,16)(H,18,19). The van der Waals surface area contributed by atoms with E-state index in [1.54, 1.807) is 24.3 Å². The largest absolute Gasteiger partial charge is 0.480 e. The number of hydrogen-bond acceptors (Lipinski definition) is 3. The Balaban J connectivity index is 2.32. The highest BCUT2D eigenvalue weighted by Crippen LogP contribution is 2.19. The Bertz CT molecular complexity index is 546. The van der Waals surface area contributed by atoms with Crippen LogP contribution in [0.15, 0.2) is 28.7 Å². The Morgan fingerprint density at radius 2 is 2.05 bits per heavy atom. The van der Waals surface area contributed by atoms with E-state index in [1.807, 2.05) is 0 Å². The zero-order valence-electron chi connectivity index (χ0n) is 9.80. The lowest BCUT2D eigenvalue weighted by Crippen LogP contribution is -2.59. The van der Waals surface area contributed by atoms with Crippen molar-refractivity contribution in [3.63, 3.8) is 0 Å². The molecule has 1 aliphatic heterocycles. The number of nitrogens with one attached hydrogen (secondary N) is 1. The number of aliphatic carboxylic acids is 1. The van der Waals surface area contributed by atoms with Crippen molar-refractivity contribution in [2.24, 2.45) is 0 Å². The third-order valence-corrected chi connectivity index (χ3v) is 3.52. The molecule has 100 valence electrons. The molecule has 1 aromatic carbocycles. The topological polar surface area (TPSA) is 86.7 Å². The number of hydrogen-bond donors (Lipinski definition) is 2. The molecule has 0 radical (unpaired) electrons. The van der Waals surface area contributed by atoms with E-state index >= 15 is 0 Å². The highest BCUT2D eigenvalue weighted by Gasteiger charge is 2.36. The first-order chi connectivity index (χ1) is 9.00. The summed E-state index contributed by atoms with van der Waals surface area (Å²) in [5.74, 6) is -1.98. The molecule has 1 aliphatic rings. The van der Waals surface area contributed by atoms with Gasteiger partial charge in [0.05, 0.1) is 5.56 Å². The van der Waals surface area contributed by atoms with Crippen LogP contribution >= 0.6 is 15.9 Å². The van der Waals surface area contributed by atoms with Crippen LogP contribution in [-0.4, -0.2) is 46.9 Å². The number of rotatable bonds is 2. The third kappa shape index (κ3) is 2.76. The molecule has 7 heteroatoms. The van der Waals surface area contributed by atoms with Gasteiger partial charge in [-0.2, -0.15) is 0 Å². The second kappa shape index (κ2) is 5.40. The van der Waals surface area contributed by atoms with Gasteiger partial charge in [-0.1, -0.05) is 12.1 Å². The molecule has 1 unspecified atom stereocenters. The number of nitrogens with zero attached hydrogens (tertiary/aromatic N) is 1. The van der Waals surface area contributed by atoms with Crippen LogP contribution < -0.4 is 5.32 Å². The van der Waals surface area contributed by atoms with Gasteiger partial charge in [0.2, 0.25) is 5.91 Å². The summed E-state index contributed by atoms with van der Waals surface area (Å²) in [6, 6.07) is 5.65. The van der Waals surface area contributed by atoms with Crippen LogP contribution in [0.1, 0.15) is 10.4 Å². The van der Waals surface area contributed by atoms with E-state index in [0.717, 1.165) is 4.90 Å². The average Bonchev–Trinajstić information content (AvgIpc) is 2.38. The van der Waals surface area contributed by atoms with Gasteiger partial charge in [0, 0.05) is 11.0 Å². The highest BCUT2D eigenvalue weighted by atomic mass is 79.9. The van der Waals surface area contributed by atoms with E-state index in [-0.39, 0.29) is 19.0 Å². The van der Waals surface area contributed by atoms with E-state index in [9.17, 15) is 14.4 Å². The van der Waals surface area contributed by atoms with Crippen LogP contribution in [0.4, 0.5) is 0 Å². The molecule has 0 bridgehead atoms. The van der Waals surface area contributed by atoms with Crippen molar-refractivity contribution < 1.29 is 19.5 Å². The number of carbonyl (C=O) groups is 3. The first-order valence-electron chi connectivity index (χ1n) is 5.55. The quantitative estimate of drug-likeness (QED) is 0.827. The van der Waals surface area contributed by atoms with Gasteiger partial charge in [-0.3, -0.25) is 9.59 Å². The predicted octanol–water partition coefficient (Wildman–Crippen LogP) is 0.474. The van der Waals surface area contributed by atoms with Gasteiger partial charge in [-0.25, -0.2) is 4.79 Å². The first-order valence-corrected chi connectivity index (χ1v) is 6.35. The molecule has 1 saturated heterocycles. The predicted molar refractivity (Wildman–Crippen MR) is 69.6 cm³/mol. The van der Waals surface area contributed by atoms with Crippen molar-refractivity contribution in [1.29, 1.82) is 0 Å². The monoisotopic (exact) mass is 326 g/mol. The molecule has 1 fully saturated rings. The smallest absolute Gasteiger partial charge is 0.328 e. The van der Waals surface area contributed by atoms with Crippen LogP contribution in [0.2, 0.25) is 0 Å². The summed E-state index contributed by atoms with van der Waals surface area (Å²) < 4.78 is 0.565. The molecule has 19 heavy (non-hydrogen) atoms. The van der Waals surface area contributed by atoms with Crippen LogP contribution in [0.25, 0.3) is 0 Å². The van der Waals surface area contributed by atoms with Gasteiger partial charge < -0.3 is 15.3 Å². The molecule has 0 spiro atoms. The number of piperazine rings is 1.